The fraction of sp³-hybridized carbons (Fsp3) is 0.167. The molecule has 1 aliphatic rings. The van der Waals surface area contributed by atoms with E-state index < -0.39 is 17.6 Å². The number of benzene rings is 2. The summed E-state index contributed by atoms with van der Waals surface area (Å²) in [5.41, 5.74) is -0.100. The first kappa shape index (κ1) is 17.7. The zero-order valence-electron chi connectivity index (χ0n) is 13.6. The maximum Gasteiger partial charge on any atom is 0.416 e. The number of halogens is 5. The summed E-state index contributed by atoms with van der Waals surface area (Å²) in [4.78, 5) is 4.35. The molecular formula is C18H11ClF4N4. The van der Waals surface area contributed by atoms with Gasteiger partial charge in [0, 0.05) is 11.1 Å². The van der Waals surface area contributed by atoms with Gasteiger partial charge in [-0.15, -0.1) is 21.8 Å². The third kappa shape index (κ3) is 2.99. The summed E-state index contributed by atoms with van der Waals surface area (Å²) in [6, 6.07) is 9.06. The monoisotopic (exact) mass is 394 g/mol. The number of nitrogens with zero attached hydrogens (tertiary/aromatic N) is 4. The number of fused-ring (bicyclic) bond motifs is 3. The molecule has 0 saturated heterocycles. The molecule has 27 heavy (non-hydrogen) atoms. The molecule has 0 N–H and O–H groups in total. The third-order valence-corrected chi connectivity index (χ3v) is 4.48. The summed E-state index contributed by atoms with van der Waals surface area (Å²) < 4.78 is 55.8. The van der Waals surface area contributed by atoms with Crippen molar-refractivity contribution in [2.45, 2.75) is 18.6 Å². The minimum Gasteiger partial charge on any atom is -0.280 e. The van der Waals surface area contributed by atoms with Crippen LogP contribution in [-0.4, -0.2) is 20.5 Å². The Bertz CT molecular complexity index is 1060. The van der Waals surface area contributed by atoms with Crippen LogP contribution in [0.25, 0.3) is 5.69 Å². The van der Waals surface area contributed by atoms with Gasteiger partial charge in [0.05, 0.1) is 22.8 Å². The molecule has 0 unspecified atom stereocenters. The van der Waals surface area contributed by atoms with Crippen molar-refractivity contribution in [3.8, 4) is 5.69 Å². The van der Waals surface area contributed by atoms with E-state index >= 15 is 0 Å². The number of hydrogen-bond acceptors (Lipinski definition) is 3. The average Bonchev–Trinajstić information content (AvgIpc) is 2.98. The molecule has 0 aliphatic carbocycles. The number of aliphatic imine (C=N–C) groups is 1. The highest BCUT2D eigenvalue weighted by molar-refractivity contribution is 6.17. The summed E-state index contributed by atoms with van der Waals surface area (Å²) >= 11 is 5.91. The van der Waals surface area contributed by atoms with Crippen LogP contribution in [0.15, 0.2) is 47.5 Å². The summed E-state index contributed by atoms with van der Waals surface area (Å²) in [5.74, 6) is 0.230. The molecule has 1 aliphatic heterocycles. The van der Waals surface area contributed by atoms with Crippen LogP contribution in [-0.2, 0) is 18.6 Å². The SMILES string of the molecule is Fc1ccccc1C1=NCc2nnc(CCl)n2-c2ccc(C(F)(F)F)cc21. The van der Waals surface area contributed by atoms with Crippen molar-refractivity contribution in [2.75, 3.05) is 0 Å². The second-order valence-electron chi connectivity index (χ2n) is 5.88. The number of alkyl halides is 4. The van der Waals surface area contributed by atoms with E-state index in [0.29, 0.717) is 17.3 Å². The summed E-state index contributed by atoms with van der Waals surface area (Å²) in [6.45, 7) is 0.0313. The van der Waals surface area contributed by atoms with E-state index in [-0.39, 0.29) is 29.3 Å². The Hall–Kier alpha value is -2.74. The van der Waals surface area contributed by atoms with Gasteiger partial charge in [0.25, 0.3) is 0 Å². The fourth-order valence-corrected chi connectivity index (χ4v) is 3.21. The zero-order chi connectivity index (χ0) is 19.2. The highest BCUT2D eigenvalue weighted by atomic mass is 35.5. The Balaban J connectivity index is 2.02. The van der Waals surface area contributed by atoms with Gasteiger partial charge in [-0.2, -0.15) is 13.2 Å². The molecule has 0 fully saturated rings. The van der Waals surface area contributed by atoms with E-state index in [1.54, 1.807) is 10.6 Å². The molecular weight excluding hydrogens is 384 g/mol. The van der Waals surface area contributed by atoms with Gasteiger partial charge in [-0.25, -0.2) is 4.39 Å². The lowest BCUT2D eigenvalue weighted by Gasteiger charge is -2.16. The van der Waals surface area contributed by atoms with E-state index in [9.17, 15) is 17.6 Å². The number of aromatic nitrogens is 3. The first-order valence-electron chi connectivity index (χ1n) is 7.90. The number of rotatable bonds is 2. The molecule has 0 spiro atoms. The zero-order valence-corrected chi connectivity index (χ0v) is 14.4. The second kappa shape index (κ2) is 6.45. The molecule has 3 aromatic rings. The molecule has 0 bridgehead atoms. The van der Waals surface area contributed by atoms with Crippen LogP contribution in [0.5, 0.6) is 0 Å². The predicted molar refractivity (Wildman–Crippen MR) is 91.7 cm³/mol. The van der Waals surface area contributed by atoms with Crippen LogP contribution in [0.3, 0.4) is 0 Å². The largest absolute Gasteiger partial charge is 0.416 e. The van der Waals surface area contributed by atoms with Gasteiger partial charge in [0.1, 0.15) is 12.4 Å². The molecule has 2 heterocycles. The number of hydrogen-bond donors (Lipinski definition) is 0. The quantitative estimate of drug-likeness (QED) is 0.474. The van der Waals surface area contributed by atoms with Crippen molar-refractivity contribution in [3.63, 3.8) is 0 Å². The van der Waals surface area contributed by atoms with Gasteiger partial charge in [-0.1, -0.05) is 12.1 Å². The topological polar surface area (TPSA) is 43.1 Å². The normalized spacial score (nSPS) is 13.6. The Morgan fingerprint density at radius 2 is 1.81 bits per heavy atom. The van der Waals surface area contributed by atoms with Crippen molar-refractivity contribution < 1.29 is 17.6 Å². The first-order valence-corrected chi connectivity index (χ1v) is 8.44. The van der Waals surface area contributed by atoms with Gasteiger partial charge < -0.3 is 0 Å². The standard InChI is InChI=1S/C18H11ClF4N4/c19-8-15-25-26-16-9-24-17(11-3-1-2-4-13(11)20)12-7-10(18(21,22)23)5-6-14(12)27(15)16/h1-7H,8-9H2. The van der Waals surface area contributed by atoms with E-state index in [4.69, 9.17) is 11.6 Å². The maximum absolute atomic E-state index is 14.4. The molecule has 4 rings (SSSR count). The highest BCUT2D eigenvalue weighted by Crippen LogP contribution is 2.34. The van der Waals surface area contributed by atoms with Gasteiger partial charge in [0.15, 0.2) is 11.6 Å². The van der Waals surface area contributed by atoms with Crippen LogP contribution in [0.1, 0.15) is 28.3 Å². The van der Waals surface area contributed by atoms with Gasteiger partial charge >= 0.3 is 6.18 Å². The minimum absolute atomic E-state index is 0.0164. The van der Waals surface area contributed by atoms with E-state index in [1.165, 1.54) is 24.3 Å². The molecule has 0 atom stereocenters. The first-order chi connectivity index (χ1) is 12.9. The van der Waals surface area contributed by atoms with Gasteiger partial charge in [0.2, 0.25) is 0 Å². The Kier molecular flexibility index (Phi) is 4.22. The van der Waals surface area contributed by atoms with Gasteiger partial charge in [-0.3, -0.25) is 9.56 Å². The van der Waals surface area contributed by atoms with E-state index in [0.717, 1.165) is 12.1 Å². The molecule has 1 aromatic heterocycles. The summed E-state index contributed by atoms with van der Waals surface area (Å²) in [5, 5.41) is 7.97. The lowest BCUT2D eigenvalue weighted by molar-refractivity contribution is -0.137. The molecule has 2 aromatic carbocycles. The predicted octanol–water partition coefficient (Wildman–Crippen LogP) is 4.52. The Labute approximate surface area is 156 Å². The van der Waals surface area contributed by atoms with Crippen molar-refractivity contribution in [1.29, 1.82) is 0 Å². The van der Waals surface area contributed by atoms with Crippen LogP contribution >= 0.6 is 11.6 Å². The molecule has 4 nitrogen and oxygen atoms in total. The van der Waals surface area contributed by atoms with Gasteiger partial charge in [-0.05, 0) is 30.3 Å². The minimum atomic E-state index is -4.55. The highest BCUT2D eigenvalue weighted by Gasteiger charge is 2.33. The molecule has 0 radical (unpaired) electrons. The summed E-state index contributed by atoms with van der Waals surface area (Å²) in [7, 11) is 0. The van der Waals surface area contributed by atoms with E-state index in [2.05, 4.69) is 15.2 Å². The van der Waals surface area contributed by atoms with Crippen molar-refractivity contribution >= 4 is 17.3 Å². The van der Waals surface area contributed by atoms with Crippen molar-refractivity contribution in [3.05, 3.63) is 76.6 Å². The average molecular weight is 395 g/mol. The molecule has 138 valence electrons. The van der Waals surface area contributed by atoms with Crippen LogP contribution < -0.4 is 0 Å². The third-order valence-electron chi connectivity index (χ3n) is 4.24. The fourth-order valence-electron chi connectivity index (χ4n) is 3.04. The molecule has 9 heteroatoms. The smallest absolute Gasteiger partial charge is 0.280 e. The maximum atomic E-state index is 14.4. The van der Waals surface area contributed by atoms with E-state index in [1.807, 2.05) is 0 Å². The van der Waals surface area contributed by atoms with Crippen LogP contribution in [0.4, 0.5) is 17.6 Å². The molecule has 0 saturated carbocycles. The van der Waals surface area contributed by atoms with Crippen LogP contribution in [0.2, 0.25) is 0 Å². The Morgan fingerprint density at radius 3 is 2.52 bits per heavy atom. The van der Waals surface area contributed by atoms with Crippen molar-refractivity contribution in [2.24, 2.45) is 4.99 Å². The lowest BCUT2D eigenvalue weighted by atomic mass is 9.97. The van der Waals surface area contributed by atoms with Crippen molar-refractivity contribution in [1.82, 2.24) is 14.8 Å². The lowest BCUT2D eigenvalue weighted by Crippen LogP contribution is -2.13. The Morgan fingerprint density at radius 1 is 1.04 bits per heavy atom. The summed E-state index contributed by atoms with van der Waals surface area (Å²) in [6.07, 6.45) is -4.55. The molecule has 0 amide bonds. The second-order valence-corrected chi connectivity index (χ2v) is 6.14. The van der Waals surface area contributed by atoms with Crippen LogP contribution in [0, 0.1) is 5.82 Å².